The predicted octanol–water partition coefficient (Wildman–Crippen LogP) is 3.35. The summed E-state index contributed by atoms with van der Waals surface area (Å²) < 4.78 is 47.8. The molecule has 1 aliphatic heterocycles. The maximum absolute atomic E-state index is 13.3. The highest BCUT2D eigenvalue weighted by atomic mass is 79.9. The Hall–Kier alpha value is -1.61. The van der Waals surface area contributed by atoms with E-state index in [4.69, 9.17) is 4.74 Å². The molecule has 3 rings (SSSR count). The minimum absolute atomic E-state index is 0.0877. The van der Waals surface area contributed by atoms with E-state index in [0.29, 0.717) is 16.9 Å². The first-order chi connectivity index (χ1) is 11.3. The van der Waals surface area contributed by atoms with Gasteiger partial charge in [0, 0.05) is 36.7 Å². The lowest BCUT2D eigenvalue weighted by atomic mass is 9.92. The Morgan fingerprint density at radius 2 is 2.04 bits per heavy atom. The molecule has 9 heteroatoms. The van der Waals surface area contributed by atoms with E-state index in [9.17, 15) is 13.2 Å². The van der Waals surface area contributed by atoms with Crippen molar-refractivity contribution in [3.63, 3.8) is 0 Å². The average molecular weight is 405 g/mol. The molecule has 0 amide bonds. The van der Waals surface area contributed by atoms with Crippen LogP contribution in [0.3, 0.4) is 0 Å². The number of hydrogen-bond acceptors (Lipinski definition) is 4. The van der Waals surface area contributed by atoms with Crippen LogP contribution in [0.15, 0.2) is 29.1 Å². The van der Waals surface area contributed by atoms with Crippen LogP contribution >= 0.6 is 15.9 Å². The van der Waals surface area contributed by atoms with Crippen molar-refractivity contribution in [1.29, 1.82) is 0 Å². The fourth-order valence-corrected chi connectivity index (χ4v) is 3.32. The molecule has 2 aromatic heterocycles. The second-order valence-electron chi connectivity index (χ2n) is 5.67. The van der Waals surface area contributed by atoms with E-state index in [1.165, 1.54) is 6.20 Å². The summed E-state index contributed by atoms with van der Waals surface area (Å²) in [5, 5.41) is 0. The summed E-state index contributed by atoms with van der Waals surface area (Å²) in [4.78, 5) is 9.84. The van der Waals surface area contributed by atoms with Crippen molar-refractivity contribution in [2.45, 2.75) is 18.7 Å². The van der Waals surface area contributed by atoms with Gasteiger partial charge in [0.25, 0.3) is 0 Å². The fraction of sp³-hybridized carbons (Fsp3) is 0.467. The van der Waals surface area contributed by atoms with Crippen LogP contribution in [-0.2, 0) is 23.6 Å². The van der Waals surface area contributed by atoms with Gasteiger partial charge in [0.15, 0.2) is 5.60 Å². The molecule has 1 aliphatic rings. The average Bonchev–Trinajstić information content (AvgIpc) is 2.88. The van der Waals surface area contributed by atoms with E-state index in [1.807, 2.05) is 18.5 Å². The SMILES string of the molecule is CCOC1(c2nccn2C)CN(c2ncc(Br)cc2C(F)(F)F)C1. The lowest BCUT2D eigenvalue weighted by molar-refractivity contribution is -0.138. The van der Waals surface area contributed by atoms with Gasteiger partial charge in [-0.15, -0.1) is 0 Å². The van der Waals surface area contributed by atoms with Crippen molar-refractivity contribution >= 4 is 21.7 Å². The molecule has 0 atom stereocenters. The molecular formula is C15H16BrF3N4O. The largest absolute Gasteiger partial charge is 0.419 e. The van der Waals surface area contributed by atoms with E-state index in [2.05, 4.69) is 25.9 Å². The molecule has 5 nitrogen and oxygen atoms in total. The Morgan fingerprint density at radius 3 is 2.58 bits per heavy atom. The van der Waals surface area contributed by atoms with E-state index >= 15 is 0 Å². The molecule has 0 bridgehead atoms. The number of nitrogens with zero attached hydrogens (tertiary/aromatic N) is 4. The molecule has 1 saturated heterocycles. The fourth-order valence-electron chi connectivity index (χ4n) is 2.99. The number of ether oxygens (including phenoxy) is 1. The molecule has 0 unspecified atom stereocenters. The zero-order chi connectivity index (χ0) is 17.5. The Bertz CT molecular complexity index is 741. The third-order valence-electron chi connectivity index (χ3n) is 3.98. The maximum Gasteiger partial charge on any atom is 0.419 e. The summed E-state index contributed by atoms with van der Waals surface area (Å²) in [7, 11) is 1.84. The molecule has 130 valence electrons. The predicted molar refractivity (Wildman–Crippen MR) is 85.7 cm³/mol. The Labute approximate surface area is 145 Å². The van der Waals surface area contributed by atoms with E-state index in [1.54, 1.807) is 17.3 Å². The number of aromatic nitrogens is 3. The van der Waals surface area contributed by atoms with Crippen LogP contribution in [0.4, 0.5) is 19.0 Å². The van der Waals surface area contributed by atoms with Crippen molar-refractivity contribution in [1.82, 2.24) is 14.5 Å². The normalized spacial score (nSPS) is 17.0. The molecule has 0 N–H and O–H groups in total. The van der Waals surface area contributed by atoms with Gasteiger partial charge in [0.2, 0.25) is 0 Å². The summed E-state index contributed by atoms with van der Waals surface area (Å²) in [6.07, 6.45) is 0.334. The topological polar surface area (TPSA) is 43.2 Å². The summed E-state index contributed by atoms with van der Waals surface area (Å²) in [5.74, 6) is 0.613. The smallest absolute Gasteiger partial charge is 0.364 e. The van der Waals surface area contributed by atoms with Gasteiger partial charge in [-0.1, -0.05) is 0 Å². The van der Waals surface area contributed by atoms with Crippen LogP contribution < -0.4 is 4.90 Å². The van der Waals surface area contributed by atoms with Gasteiger partial charge in [-0.3, -0.25) is 0 Å². The summed E-state index contributed by atoms with van der Waals surface area (Å²) in [6, 6.07) is 1.05. The number of rotatable bonds is 4. The number of alkyl halides is 3. The number of pyridine rings is 1. The molecule has 0 radical (unpaired) electrons. The first-order valence-electron chi connectivity index (χ1n) is 7.36. The van der Waals surface area contributed by atoms with Crippen LogP contribution in [0.1, 0.15) is 18.3 Å². The molecule has 0 aliphatic carbocycles. The first-order valence-corrected chi connectivity index (χ1v) is 8.15. The van der Waals surface area contributed by atoms with Crippen LogP contribution in [0.25, 0.3) is 0 Å². The van der Waals surface area contributed by atoms with Crippen LogP contribution in [0, 0.1) is 0 Å². The number of halogens is 4. The Balaban J connectivity index is 1.92. The van der Waals surface area contributed by atoms with Gasteiger partial charge in [-0.2, -0.15) is 13.2 Å². The number of anilines is 1. The third-order valence-corrected chi connectivity index (χ3v) is 4.41. The minimum Gasteiger partial charge on any atom is -0.364 e. The van der Waals surface area contributed by atoms with Crippen molar-refractivity contribution in [3.8, 4) is 0 Å². The van der Waals surface area contributed by atoms with E-state index < -0.39 is 17.3 Å². The molecule has 3 heterocycles. The first kappa shape index (κ1) is 17.2. The highest BCUT2D eigenvalue weighted by Crippen LogP contribution is 2.43. The molecule has 2 aromatic rings. The Kier molecular flexibility index (Phi) is 4.33. The summed E-state index contributed by atoms with van der Waals surface area (Å²) in [6.45, 7) is 2.83. The van der Waals surface area contributed by atoms with Gasteiger partial charge in [-0.25, -0.2) is 9.97 Å². The molecule has 24 heavy (non-hydrogen) atoms. The lowest BCUT2D eigenvalue weighted by Crippen LogP contribution is -2.62. The highest BCUT2D eigenvalue weighted by Gasteiger charge is 2.51. The zero-order valence-electron chi connectivity index (χ0n) is 13.1. The zero-order valence-corrected chi connectivity index (χ0v) is 14.7. The van der Waals surface area contributed by atoms with Gasteiger partial charge < -0.3 is 14.2 Å². The standard InChI is InChI=1S/C15H16BrF3N4O/c1-3-24-14(13-20-4-5-22(13)2)8-23(9-14)12-11(15(17,18)19)6-10(16)7-21-12/h4-7H,3,8-9H2,1-2H3. The van der Waals surface area contributed by atoms with Crippen molar-refractivity contribution in [2.24, 2.45) is 7.05 Å². The second-order valence-corrected chi connectivity index (χ2v) is 6.58. The molecule has 0 saturated carbocycles. The van der Waals surface area contributed by atoms with Gasteiger partial charge >= 0.3 is 6.18 Å². The second kappa shape index (κ2) is 6.03. The summed E-state index contributed by atoms with van der Waals surface area (Å²) >= 11 is 3.05. The van der Waals surface area contributed by atoms with E-state index in [0.717, 1.165) is 6.07 Å². The lowest BCUT2D eigenvalue weighted by Gasteiger charge is -2.49. The molecule has 0 aromatic carbocycles. The maximum atomic E-state index is 13.3. The molecular weight excluding hydrogens is 389 g/mol. The quantitative estimate of drug-likeness (QED) is 0.783. The van der Waals surface area contributed by atoms with Crippen LogP contribution in [0.2, 0.25) is 0 Å². The number of hydrogen-bond donors (Lipinski definition) is 0. The van der Waals surface area contributed by atoms with Crippen LogP contribution in [-0.4, -0.2) is 34.2 Å². The van der Waals surface area contributed by atoms with E-state index in [-0.39, 0.29) is 18.9 Å². The monoisotopic (exact) mass is 404 g/mol. The summed E-state index contributed by atoms with van der Waals surface area (Å²) in [5.41, 5.74) is -1.48. The van der Waals surface area contributed by atoms with Crippen LogP contribution in [0.5, 0.6) is 0 Å². The molecule has 0 spiro atoms. The molecule has 1 fully saturated rings. The highest BCUT2D eigenvalue weighted by molar-refractivity contribution is 9.10. The Morgan fingerprint density at radius 1 is 1.33 bits per heavy atom. The minimum atomic E-state index is -4.47. The van der Waals surface area contributed by atoms with Gasteiger partial charge in [0.05, 0.1) is 18.7 Å². The van der Waals surface area contributed by atoms with Gasteiger partial charge in [-0.05, 0) is 28.9 Å². The van der Waals surface area contributed by atoms with Crippen molar-refractivity contribution < 1.29 is 17.9 Å². The van der Waals surface area contributed by atoms with Crippen molar-refractivity contribution in [2.75, 3.05) is 24.6 Å². The number of aryl methyl sites for hydroxylation is 1. The van der Waals surface area contributed by atoms with Crippen molar-refractivity contribution in [3.05, 3.63) is 40.5 Å². The number of imidazole rings is 1. The van der Waals surface area contributed by atoms with Gasteiger partial charge in [0.1, 0.15) is 11.6 Å². The third kappa shape index (κ3) is 2.90.